The number of hydrogen-bond donors (Lipinski definition) is 2. The minimum atomic E-state index is -1.33. The molecule has 21 heavy (non-hydrogen) atoms. The van der Waals surface area contributed by atoms with E-state index in [0.717, 1.165) is 10.5 Å². The molecule has 0 atom stereocenters. The van der Waals surface area contributed by atoms with Crippen molar-refractivity contribution < 1.29 is 14.3 Å². The smallest absolute Gasteiger partial charge is 0.338 e. The second-order valence-electron chi connectivity index (χ2n) is 4.36. The third-order valence-corrected chi connectivity index (χ3v) is 3.81. The average molecular weight is 370 g/mol. The number of rotatable bonds is 2. The fourth-order valence-electron chi connectivity index (χ4n) is 2.00. The number of aromatic nitrogens is 2. The van der Waals surface area contributed by atoms with Gasteiger partial charge in [-0.3, -0.25) is 0 Å². The Labute approximate surface area is 131 Å². The van der Waals surface area contributed by atoms with E-state index >= 15 is 0 Å². The monoisotopic (exact) mass is 368 g/mol. The number of aromatic amines is 1. The first-order valence-corrected chi connectivity index (χ1v) is 7.01. The molecule has 0 aliphatic heterocycles. The van der Waals surface area contributed by atoms with E-state index in [2.05, 4.69) is 25.9 Å². The molecular weight excluding hydrogens is 363 g/mol. The lowest BCUT2D eigenvalue weighted by Gasteiger charge is -2.00. The standard InChI is InChI=1S/C14H7BrClFN2O2/c15-6-1-2-9(16)7(3-6)13-18-11-4-8(14(20)21)10(17)5-12(11)19-13/h1-5H,(H,18,19)(H,20,21). The Morgan fingerprint density at radius 2 is 2.10 bits per heavy atom. The number of carboxylic acids is 1. The number of fused-ring (bicyclic) bond motifs is 1. The summed E-state index contributed by atoms with van der Waals surface area (Å²) in [5.41, 5.74) is 0.990. The maximum Gasteiger partial charge on any atom is 0.338 e. The van der Waals surface area contributed by atoms with Gasteiger partial charge in [-0.1, -0.05) is 27.5 Å². The SMILES string of the molecule is O=C(O)c1cc2nc(-c3cc(Br)ccc3Cl)[nH]c2cc1F. The molecule has 3 rings (SSSR count). The maximum atomic E-state index is 13.7. The van der Waals surface area contributed by atoms with Crippen molar-refractivity contribution in [3.63, 3.8) is 0 Å². The van der Waals surface area contributed by atoms with Gasteiger partial charge in [0.15, 0.2) is 0 Å². The van der Waals surface area contributed by atoms with Gasteiger partial charge in [0, 0.05) is 16.1 Å². The van der Waals surface area contributed by atoms with Gasteiger partial charge in [-0.05, 0) is 24.3 Å². The topological polar surface area (TPSA) is 66.0 Å². The van der Waals surface area contributed by atoms with Crippen LogP contribution >= 0.6 is 27.5 Å². The van der Waals surface area contributed by atoms with Crippen LogP contribution in [0.3, 0.4) is 0 Å². The van der Waals surface area contributed by atoms with E-state index in [0.29, 0.717) is 27.4 Å². The zero-order valence-corrected chi connectivity index (χ0v) is 12.7. The zero-order chi connectivity index (χ0) is 15.1. The zero-order valence-electron chi connectivity index (χ0n) is 10.3. The van der Waals surface area contributed by atoms with E-state index in [1.54, 1.807) is 18.2 Å². The summed E-state index contributed by atoms with van der Waals surface area (Å²) in [7, 11) is 0. The van der Waals surface area contributed by atoms with Crippen LogP contribution in [0.2, 0.25) is 5.02 Å². The van der Waals surface area contributed by atoms with Crippen molar-refractivity contribution >= 4 is 44.5 Å². The van der Waals surface area contributed by atoms with Crippen molar-refractivity contribution in [2.75, 3.05) is 0 Å². The Morgan fingerprint density at radius 1 is 1.33 bits per heavy atom. The second kappa shape index (κ2) is 5.13. The van der Waals surface area contributed by atoms with Gasteiger partial charge in [0.25, 0.3) is 0 Å². The number of hydrogen-bond acceptors (Lipinski definition) is 2. The summed E-state index contributed by atoms with van der Waals surface area (Å²) >= 11 is 9.46. The molecule has 3 aromatic rings. The highest BCUT2D eigenvalue weighted by molar-refractivity contribution is 9.10. The molecule has 4 nitrogen and oxygen atoms in total. The molecule has 0 aliphatic rings. The van der Waals surface area contributed by atoms with Gasteiger partial charge in [0.05, 0.1) is 21.6 Å². The quantitative estimate of drug-likeness (QED) is 0.700. The van der Waals surface area contributed by atoms with Crippen LogP contribution in [0.25, 0.3) is 22.4 Å². The van der Waals surface area contributed by atoms with Crippen molar-refractivity contribution in [3.05, 3.63) is 51.2 Å². The Balaban J connectivity index is 2.21. The van der Waals surface area contributed by atoms with Gasteiger partial charge >= 0.3 is 5.97 Å². The van der Waals surface area contributed by atoms with Gasteiger partial charge in [0.2, 0.25) is 0 Å². The maximum absolute atomic E-state index is 13.7. The Kier molecular flexibility index (Phi) is 3.43. The van der Waals surface area contributed by atoms with E-state index in [-0.39, 0.29) is 0 Å². The first-order chi connectivity index (χ1) is 9.95. The molecule has 0 bridgehead atoms. The summed E-state index contributed by atoms with van der Waals surface area (Å²) in [5.74, 6) is -1.71. The third-order valence-electron chi connectivity index (χ3n) is 2.98. The van der Waals surface area contributed by atoms with E-state index in [4.69, 9.17) is 16.7 Å². The minimum absolute atomic E-state index is 0.361. The van der Waals surface area contributed by atoms with E-state index in [9.17, 15) is 9.18 Å². The number of carboxylic acid groups (broad SMARTS) is 1. The van der Waals surface area contributed by atoms with Crippen LogP contribution in [0.15, 0.2) is 34.8 Å². The molecule has 0 radical (unpaired) electrons. The van der Waals surface area contributed by atoms with Crippen LogP contribution in [0.5, 0.6) is 0 Å². The molecule has 0 aliphatic carbocycles. The lowest BCUT2D eigenvalue weighted by atomic mass is 10.2. The van der Waals surface area contributed by atoms with E-state index < -0.39 is 17.3 Å². The highest BCUT2D eigenvalue weighted by Crippen LogP contribution is 2.30. The van der Waals surface area contributed by atoms with Crippen molar-refractivity contribution in [2.24, 2.45) is 0 Å². The first kappa shape index (κ1) is 14.0. The fourth-order valence-corrected chi connectivity index (χ4v) is 2.57. The van der Waals surface area contributed by atoms with Crippen LogP contribution in [0.4, 0.5) is 4.39 Å². The van der Waals surface area contributed by atoms with Gasteiger partial charge in [0.1, 0.15) is 11.6 Å². The van der Waals surface area contributed by atoms with Crippen LogP contribution in [0, 0.1) is 5.82 Å². The lowest BCUT2D eigenvalue weighted by Crippen LogP contribution is -1.99. The number of H-pyrrole nitrogens is 1. The van der Waals surface area contributed by atoms with Gasteiger partial charge in [-0.2, -0.15) is 0 Å². The Morgan fingerprint density at radius 3 is 2.81 bits per heavy atom. The third kappa shape index (κ3) is 2.52. The Hall–Kier alpha value is -1.92. The number of nitrogens with zero attached hydrogens (tertiary/aromatic N) is 1. The van der Waals surface area contributed by atoms with Gasteiger partial charge < -0.3 is 10.1 Å². The molecule has 1 heterocycles. The summed E-state index contributed by atoms with van der Waals surface area (Å²) in [6, 6.07) is 7.57. The largest absolute Gasteiger partial charge is 0.478 e. The molecule has 0 spiro atoms. The van der Waals surface area contributed by atoms with Crippen LogP contribution in [0.1, 0.15) is 10.4 Å². The number of imidazole rings is 1. The lowest BCUT2D eigenvalue weighted by molar-refractivity contribution is 0.0692. The normalized spacial score (nSPS) is 11.0. The average Bonchev–Trinajstić information content (AvgIpc) is 2.82. The summed E-state index contributed by atoms with van der Waals surface area (Å²) in [4.78, 5) is 18.2. The van der Waals surface area contributed by atoms with Crippen molar-refractivity contribution in [1.29, 1.82) is 0 Å². The first-order valence-electron chi connectivity index (χ1n) is 5.83. The van der Waals surface area contributed by atoms with Crippen LogP contribution in [-0.2, 0) is 0 Å². The second-order valence-corrected chi connectivity index (χ2v) is 5.69. The molecule has 2 N–H and O–H groups in total. The number of halogens is 3. The van der Waals surface area contributed by atoms with Crippen LogP contribution < -0.4 is 0 Å². The molecular formula is C14H7BrClFN2O2. The Bertz CT molecular complexity index is 879. The molecule has 0 saturated carbocycles. The molecule has 1 aromatic heterocycles. The van der Waals surface area contributed by atoms with E-state index in [1.165, 1.54) is 6.07 Å². The fraction of sp³-hybridized carbons (Fsp3) is 0. The number of carbonyl (C=O) groups is 1. The number of benzene rings is 2. The summed E-state index contributed by atoms with van der Waals surface area (Å²) in [5, 5.41) is 9.41. The van der Waals surface area contributed by atoms with E-state index in [1.807, 2.05) is 0 Å². The molecule has 106 valence electrons. The van der Waals surface area contributed by atoms with Crippen molar-refractivity contribution in [1.82, 2.24) is 9.97 Å². The highest BCUT2D eigenvalue weighted by Gasteiger charge is 2.15. The molecule has 2 aromatic carbocycles. The van der Waals surface area contributed by atoms with Crippen molar-refractivity contribution in [2.45, 2.75) is 0 Å². The number of nitrogens with one attached hydrogen (secondary N) is 1. The molecule has 0 saturated heterocycles. The summed E-state index contributed by atoms with van der Waals surface area (Å²) in [6.45, 7) is 0. The summed E-state index contributed by atoms with van der Waals surface area (Å²) < 4.78 is 14.5. The van der Waals surface area contributed by atoms with Gasteiger partial charge in [-0.25, -0.2) is 14.2 Å². The highest BCUT2D eigenvalue weighted by atomic mass is 79.9. The van der Waals surface area contributed by atoms with Crippen LogP contribution in [-0.4, -0.2) is 21.0 Å². The predicted molar refractivity (Wildman–Crippen MR) is 81.2 cm³/mol. The molecule has 0 fully saturated rings. The van der Waals surface area contributed by atoms with Crippen molar-refractivity contribution in [3.8, 4) is 11.4 Å². The molecule has 0 unspecified atom stereocenters. The minimum Gasteiger partial charge on any atom is -0.478 e. The number of aromatic carboxylic acids is 1. The molecule has 0 amide bonds. The molecule has 7 heteroatoms. The summed E-state index contributed by atoms with van der Waals surface area (Å²) in [6.07, 6.45) is 0. The predicted octanol–water partition coefficient (Wildman–Crippen LogP) is 4.48. The van der Waals surface area contributed by atoms with Gasteiger partial charge in [-0.15, -0.1) is 0 Å².